The number of allylic oxidation sites excluding steroid dienone is 12. The van der Waals surface area contributed by atoms with Crippen LogP contribution in [0.25, 0.3) is 0 Å². The molecule has 0 aliphatic rings. The first kappa shape index (κ1) is 60.3. The molecule has 364 valence electrons. The molecule has 3 atom stereocenters. The SMILES string of the molecule is CC/C=C/C/C=C/C/C=C/CCCCCCC(=O)OC(CCCCCC/C=C\C/C=C\C/C=C\CCCCC)CC(=O)NC(CO)C(O)CCCCCCCCCCCCCCC. The number of rotatable bonds is 47. The highest BCUT2D eigenvalue weighted by molar-refractivity contribution is 5.77. The van der Waals surface area contributed by atoms with Crippen molar-refractivity contribution in [3.05, 3.63) is 72.9 Å². The largest absolute Gasteiger partial charge is 0.462 e. The summed E-state index contributed by atoms with van der Waals surface area (Å²) >= 11 is 0. The summed E-state index contributed by atoms with van der Waals surface area (Å²) in [6.45, 7) is 6.34. The molecule has 0 bridgehead atoms. The minimum Gasteiger partial charge on any atom is -0.462 e. The van der Waals surface area contributed by atoms with Crippen LogP contribution in [-0.2, 0) is 14.3 Å². The molecular weight excluding hydrogens is 779 g/mol. The smallest absolute Gasteiger partial charge is 0.306 e. The third-order valence-electron chi connectivity index (χ3n) is 11.8. The highest BCUT2D eigenvalue weighted by atomic mass is 16.5. The second kappa shape index (κ2) is 50.3. The van der Waals surface area contributed by atoms with Crippen LogP contribution in [0.5, 0.6) is 0 Å². The Morgan fingerprint density at radius 3 is 1.33 bits per heavy atom. The second-order valence-electron chi connectivity index (χ2n) is 17.9. The van der Waals surface area contributed by atoms with Gasteiger partial charge in [-0.15, -0.1) is 0 Å². The summed E-state index contributed by atoms with van der Waals surface area (Å²) in [5.74, 6) is -0.521. The van der Waals surface area contributed by atoms with Crippen molar-refractivity contribution in [1.29, 1.82) is 0 Å². The molecule has 0 aromatic rings. The Kier molecular flexibility index (Phi) is 48.1. The fraction of sp³-hybridized carbons (Fsp3) is 0.754. The van der Waals surface area contributed by atoms with Crippen LogP contribution in [0.15, 0.2) is 72.9 Å². The van der Waals surface area contributed by atoms with Crippen LogP contribution in [0.2, 0.25) is 0 Å². The van der Waals surface area contributed by atoms with Crippen molar-refractivity contribution in [1.82, 2.24) is 5.32 Å². The van der Waals surface area contributed by atoms with E-state index in [1.165, 1.54) is 89.9 Å². The van der Waals surface area contributed by atoms with E-state index in [-0.39, 0.29) is 24.9 Å². The van der Waals surface area contributed by atoms with Gasteiger partial charge in [0.15, 0.2) is 0 Å². The first-order valence-electron chi connectivity index (χ1n) is 26.7. The monoisotopic (exact) mass is 880 g/mol. The van der Waals surface area contributed by atoms with Gasteiger partial charge in [0.25, 0.3) is 0 Å². The Morgan fingerprint density at radius 2 is 0.857 bits per heavy atom. The van der Waals surface area contributed by atoms with Crippen molar-refractivity contribution in [3.63, 3.8) is 0 Å². The van der Waals surface area contributed by atoms with Gasteiger partial charge in [0.05, 0.1) is 25.2 Å². The van der Waals surface area contributed by atoms with Gasteiger partial charge in [-0.1, -0.05) is 216 Å². The summed E-state index contributed by atoms with van der Waals surface area (Å²) < 4.78 is 5.92. The van der Waals surface area contributed by atoms with Crippen LogP contribution >= 0.6 is 0 Å². The molecule has 63 heavy (non-hydrogen) atoms. The number of esters is 1. The lowest BCUT2D eigenvalue weighted by Crippen LogP contribution is -2.46. The lowest BCUT2D eigenvalue weighted by atomic mass is 10.0. The molecule has 0 rings (SSSR count). The number of nitrogens with one attached hydrogen (secondary N) is 1. The molecule has 0 radical (unpaired) electrons. The fourth-order valence-electron chi connectivity index (χ4n) is 7.75. The topological polar surface area (TPSA) is 95.9 Å². The third kappa shape index (κ3) is 45.7. The number of unbranched alkanes of at least 4 members (excludes halogenated alkanes) is 23. The Morgan fingerprint density at radius 1 is 0.476 bits per heavy atom. The Bertz CT molecular complexity index is 1170. The zero-order valence-corrected chi connectivity index (χ0v) is 41.4. The van der Waals surface area contributed by atoms with Crippen LogP contribution in [0.4, 0.5) is 0 Å². The van der Waals surface area contributed by atoms with Crippen molar-refractivity contribution in [3.8, 4) is 0 Å². The van der Waals surface area contributed by atoms with Crippen molar-refractivity contribution in [2.24, 2.45) is 0 Å². The number of carbonyl (C=O) groups is 2. The van der Waals surface area contributed by atoms with Gasteiger partial charge in [0.1, 0.15) is 6.10 Å². The van der Waals surface area contributed by atoms with E-state index in [1.54, 1.807) is 0 Å². The minimum absolute atomic E-state index is 0.0512. The molecular formula is C57H101NO5. The number of hydrogen-bond donors (Lipinski definition) is 3. The van der Waals surface area contributed by atoms with Crippen LogP contribution in [0.1, 0.15) is 252 Å². The number of aliphatic hydroxyl groups excluding tert-OH is 2. The fourth-order valence-corrected chi connectivity index (χ4v) is 7.75. The van der Waals surface area contributed by atoms with Gasteiger partial charge in [0, 0.05) is 6.42 Å². The quantitative estimate of drug-likeness (QED) is 0.0321. The maximum atomic E-state index is 13.2. The van der Waals surface area contributed by atoms with Crippen LogP contribution < -0.4 is 5.32 Å². The molecule has 1 amide bonds. The second-order valence-corrected chi connectivity index (χ2v) is 17.9. The maximum Gasteiger partial charge on any atom is 0.306 e. The minimum atomic E-state index is -0.801. The van der Waals surface area contributed by atoms with Crippen molar-refractivity contribution in [2.75, 3.05) is 6.61 Å². The van der Waals surface area contributed by atoms with Gasteiger partial charge >= 0.3 is 5.97 Å². The number of hydrogen-bond acceptors (Lipinski definition) is 5. The Hall–Kier alpha value is -2.70. The normalized spacial score (nSPS) is 13.8. The van der Waals surface area contributed by atoms with Crippen LogP contribution in [0.3, 0.4) is 0 Å². The molecule has 0 aliphatic heterocycles. The van der Waals surface area contributed by atoms with Crippen LogP contribution in [-0.4, -0.2) is 46.9 Å². The first-order valence-corrected chi connectivity index (χ1v) is 26.7. The predicted molar refractivity (Wildman–Crippen MR) is 273 cm³/mol. The highest BCUT2D eigenvalue weighted by Crippen LogP contribution is 2.17. The van der Waals surface area contributed by atoms with E-state index in [0.29, 0.717) is 19.3 Å². The number of amides is 1. The van der Waals surface area contributed by atoms with Gasteiger partial charge < -0.3 is 20.3 Å². The van der Waals surface area contributed by atoms with Crippen molar-refractivity contribution < 1.29 is 24.5 Å². The molecule has 3 unspecified atom stereocenters. The number of aliphatic hydroxyl groups is 2. The maximum absolute atomic E-state index is 13.2. The summed E-state index contributed by atoms with van der Waals surface area (Å²) in [4.78, 5) is 26.2. The van der Waals surface area contributed by atoms with E-state index >= 15 is 0 Å². The predicted octanol–water partition coefficient (Wildman–Crippen LogP) is 16.2. The molecule has 0 saturated carbocycles. The van der Waals surface area contributed by atoms with E-state index in [2.05, 4.69) is 99.0 Å². The summed E-state index contributed by atoms with van der Waals surface area (Å²) in [6.07, 6.45) is 63.8. The van der Waals surface area contributed by atoms with E-state index in [4.69, 9.17) is 4.74 Å². The molecule has 0 aromatic carbocycles. The molecule has 0 spiro atoms. The summed E-state index contributed by atoms with van der Waals surface area (Å²) in [5.41, 5.74) is 0. The molecule has 6 nitrogen and oxygen atoms in total. The molecule has 0 saturated heterocycles. The van der Waals surface area contributed by atoms with E-state index in [1.807, 2.05) is 0 Å². The molecule has 0 heterocycles. The van der Waals surface area contributed by atoms with E-state index in [9.17, 15) is 19.8 Å². The van der Waals surface area contributed by atoms with Crippen LogP contribution in [0, 0.1) is 0 Å². The molecule has 0 fully saturated rings. The average molecular weight is 880 g/mol. The van der Waals surface area contributed by atoms with Gasteiger partial charge in [-0.2, -0.15) is 0 Å². The Balaban J connectivity index is 4.68. The first-order chi connectivity index (χ1) is 31.0. The lowest BCUT2D eigenvalue weighted by Gasteiger charge is -2.24. The number of carbonyl (C=O) groups excluding carboxylic acids is 2. The van der Waals surface area contributed by atoms with Gasteiger partial charge in [-0.3, -0.25) is 9.59 Å². The van der Waals surface area contributed by atoms with E-state index < -0.39 is 18.2 Å². The lowest BCUT2D eigenvalue weighted by molar-refractivity contribution is -0.151. The third-order valence-corrected chi connectivity index (χ3v) is 11.8. The standard InChI is InChI=1S/C57H101NO5/c1-4-7-10-13-16-19-22-25-27-28-29-31-33-36-39-42-45-48-53(63-57(62)50-47-44-41-38-35-32-26-23-20-17-14-11-8-5-2)51-56(61)58-54(52-59)55(60)49-46-43-40-37-34-30-24-21-18-15-12-9-6-3/h8,11,16-17,19-20,25-27,29,31-32,53-55,59-60H,4-7,9-10,12-15,18,21-24,28,30,33-52H2,1-3H3,(H,58,61)/b11-8+,19-16-,20-17+,27-25-,31-29-,32-26+. The summed E-state index contributed by atoms with van der Waals surface area (Å²) in [7, 11) is 0. The summed E-state index contributed by atoms with van der Waals surface area (Å²) in [6, 6.07) is -0.717. The molecule has 0 aromatic heterocycles. The molecule has 6 heteroatoms. The molecule has 3 N–H and O–H groups in total. The summed E-state index contributed by atoms with van der Waals surface area (Å²) in [5, 5.41) is 23.8. The zero-order chi connectivity index (χ0) is 45.9. The Labute approximate surface area is 390 Å². The number of ether oxygens (including phenoxy) is 1. The van der Waals surface area contributed by atoms with Crippen molar-refractivity contribution in [2.45, 2.75) is 270 Å². The zero-order valence-electron chi connectivity index (χ0n) is 41.4. The highest BCUT2D eigenvalue weighted by Gasteiger charge is 2.24. The van der Waals surface area contributed by atoms with Crippen molar-refractivity contribution >= 4 is 11.9 Å². The van der Waals surface area contributed by atoms with Gasteiger partial charge in [-0.05, 0) is 96.3 Å². The van der Waals surface area contributed by atoms with Gasteiger partial charge in [0.2, 0.25) is 5.91 Å². The molecule has 0 aliphatic carbocycles. The van der Waals surface area contributed by atoms with Gasteiger partial charge in [-0.25, -0.2) is 0 Å². The van der Waals surface area contributed by atoms with E-state index in [0.717, 1.165) is 116 Å². The average Bonchev–Trinajstić information content (AvgIpc) is 3.28.